The van der Waals surface area contributed by atoms with Crippen LogP contribution in [0.2, 0.25) is 0 Å². The highest BCUT2D eigenvalue weighted by Gasteiger charge is 2.36. The van der Waals surface area contributed by atoms with Crippen molar-refractivity contribution in [1.82, 2.24) is 4.57 Å². The molecule has 1 aromatic heterocycles. The lowest BCUT2D eigenvalue weighted by Gasteiger charge is -2.29. The van der Waals surface area contributed by atoms with E-state index in [9.17, 15) is 0 Å². The van der Waals surface area contributed by atoms with Crippen LogP contribution in [0.3, 0.4) is 0 Å². The molecular weight excluding hydrogens is 737 g/mol. The molecule has 0 amide bonds. The van der Waals surface area contributed by atoms with Crippen LogP contribution in [0.15, 0.2) is 218 Å². The number of aromatic nitrogens is 1. The van der Waals surface area contributed by atoms with Crippen molar-refractivity contribution in [2.45, 2.75) is 19.3 Å². The summed E-state index contributed by atoms with van der Waals surface area (Å²) in [6, 6.07) is 80.4. The van der Waals surface area contributed by atoms with E-state index >= 15 is 0 Å². The Morgan fingerprint density at radius 1 is 0.393 bits per heavy atom. The molecule has 1 aliphatic rings. The van der Waals surface area contributed by atoms with Crippen LogP contribution in [0.25, 0.3) is 82.4 Å². The van der Waals surface area contributed by atoms with E-state index in [1.54, 1.807) is 0 Å². The van der Waals surface area contributed by atoms with Crippen LogP contribution >= 0.6 is 0 Å². The summed E-state index contributed by atoms with van der Waals surface area (Å²) in [6.45, 7) is 4.72. The number of hydrogen-bond donors (Lipinski definition) is 0. The molecule has 0 unspecified atom stereocenters. The summed E-state index contributed by atoms with van der Waals surface area (Å²) in [5, 5.41) is 8.56. The van der Waals surface area contributed by atoms with E-state index in [1.165, 1.54) is 87.9 Å². The number of rotatable bonds is 6. The van der Waals surface area contributed by atoms with Crippen LogP contribution in [0.4, 0.5) is 17.1 Å². The third kappa shape index (κ3) is 5.42. The van der Waals surface area contributed by atoms with Gasteiger partial charge in [-0.05, 0) is 97.4 Å². The van der Waals surface area contributed by atoms with Gasteiger partial charge in [-0.2, -0.15) is 0 Å². The Morgan fingerprint density at radius 2 is 1.02 bits per heavy atom. The number of fused-ring (bicyclic) bond motifs is 9. The maximum atomic E-state index is 2.53. The molecule has 2 heteroatoms. The minimum atomic E-state index is -0.109. The maximum absolute atomic E-state index is 2.53. The number of benzene rings is 10. The first-order valence-electron chi connectivity index (χ1n) is 21.3. The second-order valence-electron chi connectivity index (χ2n) is 16.9. The molecule has 288 valence electrons. The van der Waals surface area contributed by atoms with Crippen molar-refractivity contribution >= 4 is 60.3 Å². The zero-order valence-corrected chi connectivity index (χ0v) is 34.2. The number of anilines is 3. The van der Waals surface area contributed by atoms with Gasteiger partial charge < -0.3 is 9.47 Å². The fraction of sp³-hybridized carbons (Fsp3) is 0.0508. The third-order valence-corrected chi connectivity index (χ3v) is 13.1. The highest BCUT2D eigenvalue weighted by atomic mass is 15.1. The topological polar surface area (TPSA) is 8.17 Å². The van der Waals surface area contributed by atoms with Crippen molar-refractivity contribution in [3.8, 4) is 39.2 Å². The molecule has 12 rings (SSSR count). The quantitative estimate of drug-likeness (QED) is 0.153. The van der Waals surface area contributed by atoms with E-state index in [1.807, 2.05) is 0 Å². The zero-order chi connectivity index (χ0) is 40.7. The third-order valence-electron chi connectivity index (χ3n) is 13.1. The van der Waals surface area contributed by atoms with Gasteiger partial charge in [0.25, 0.3) is 0 Å². The van der Waals surface area contributed by atoms with Gasteiger partial charge >= 0.3 is 0 Å². The van der Waals surface area contributed by atoms with Gasteiger partial charge in [-0.15, -0.1) is 0 Å². The molecule has 0 fully saturated rings. The monoisotopic (exact) mass is 778 g/mol. The van der Waals surface area contributed by atoms with Gasteiger partial charge in [-0.25, -0.2) is 0 Å². The molecule has 61 heavy (non-hydrogen) atoms. The van der Waals surface area contributed by atoms with Crippen molar-refractivity contribution in [2.24, 2.45) is 0 Å². The molecule has 11 aromatic rings. The van der Waals surface area contributed by atoms with Gasteiger partial charge in [-0.3, -0.25) is 0 Å². The lowest BCUT2D eigenvalue weighted by molar-refractivity contribution is 0.660. The molecular formula is C59H42N2. The molecule has 0 saturated heterocycles. The second kappa shape index (κ2) is 13.7. The van der Waals surface area contributed by atoms with Crippen LogP contribution in [-0.4, -0.2) is 4.57 Å². The van der Waals surface area contributed by atoms with Crippen molar-refractivity contribution in [2.75, 3.05) is 4.90 Å². The lowest BCUT2D eigenvalue weighted by Crippen LogP contribution is -2.16. The summed E-state index contributed by atoms with van der Waals surface area (Å²) >= 11 is 0. The zero-order valence-electron chi connectivity index (χ0n) is 34.2. The Labute approximate surface area is 356 Å². The van der Waals surface area contributed by atoms with Crippen molar-refractivity contribution in [3.05, 3.63) is 230 Å². The summed E-state index contributed by atoms with van der Waals surface area (Å²) in [5.74, 6) is 0. The van der Waals surface area contributed by atoms with Gasteiger partial charge in [0.15, 0.2) is 0 Å². The van der Waals surface area contributed by atoms with Crippen LogP contribution in [0, 0.1) is 0 Å². The SMILES string of the molecule is CC1(C)c2ccccc2-c2ccc(N(c3ccccc3)c3cccc4c3ccc3c4ccc4c(-c5ccccc5)c(-c5ccccc5)n(-c5ccc6ccccc6c5)c43)cc21. The van der Waals surface area contributed by atoms with Crippen LogP contribution in [0.5, 0.6) is 0 Å². The Kier molecular flexibility index (Phi) is 7.92. The van der Waals surface area contributed by atoms with E-state index in [4.69, 9.17) is 0 Å². The summed E-state index contributed by atoms with van der Waals surface area (Å²) in [5.41, 5.74) is 15.9. The molecule has 1 heterocycles. The van der Waals surface area contributed by atoms with Crippen LogP contribution < -0.4 is 4.90 Å². The fourth-order valence-corrected chi connectivity index (χ4v) is 10.3. The van der Waals surface area contributed by atoms with E-state index in [2.05, 4.69) is 242 Å². The van der Waals surface area contributed by atoms with Gasteiger partial charge in [0, 0.05) is 44.2 Å². The lowest BCUT2D eigenvalue weighted by atomic mass is 9.82. The molecule has 0 aliphatic heterocycles. The Bertz CT molecular complexity index is 3490. The predicted molar refractivity (Wildman–Crippen MR) is 259 cm³/mol. The molecule has 2 nitrogen and oxygen atoms in total. The smallest absolute Gasteiger partial charge is 0.0620 e. The molecule has 0 radical (unpaired) electrons. The average Bonchev–Trinajstić information content (AvgIpc) is 3.79. The number of nitrogens with zero attached hydrogens (tertiary/aromatic N) is 2. The standard InChI is InChI=1S/C59H42N2/c1-59(2)53-27-15-14-25-48(53)49-32-31-45(38-54(49)59)60(43-23-10-5-11-24-43)55-28-16-26-46-47-33-36-52-56(40-18-6-3-7-19-40)57(41-20-8-4-9-21-41)61(58(52)51(47)35-34-50(46)55)44-30-29-39-17-12-13-22-42(39)37-44/h3-38H,1-2H3. The van der Waals surface area contributed by atoms with Crippen molar-refractivity contribution in [1.29, 1.82) is 0 Å². The largest absolute Gasteiger partial charge is 0.310 e. The Morgan fingerprint density at radius 3 is 1.82 bits per heavy atom. The van der Waals surface area contributed by atoms with E-state index in [-0.39, 0.29) is 5.41 Å². The number of para-hydroxylation sites is 1. The predicted octanol–water partition coefficient (Wildman–Crippen LogP) is 16.2. The summed E-state index contributed by atoms with van der Waals surface area (Å²) in [7, 11) is 0. The average molecular weight is 779 g/mol. The molecule has 0 bridgehead atoms. The van der Waals surface area contributed by atoms with E-state index in [0.29, 0.717) is 0 Å². The van der Waals surface area contributed by atoms with Gasteiger partial charge in [-0.1, -0.05) is 190 Å². The molecule has 0 N–H and O–H groups in total. The van der Waals surface area contributed by atoms with Gasteiger partial charge in [0.1, 0.15) is 0 Å². The first-order chi connectivity index (χ1) is 30.0. The van der Waals surface area contributed by atoms with Crippen molar-refractivity contribution in [3.63, 3.8) is 0 Å². The Balaban J connectivity index is 1.14. The molecule has 1 aliphatic carbocycles. The maximum Gasteiger partial charge on any atom is 0.0620 e. The van der Waals surface area contributed by atoms with Crippen LogP contribution in [0.1, 0.15) is 25.0 Å². The molecule has 10 aromatic carbocycles. The summed E-state index contributed by atoms with van der Waals surface area (Å²) < 4.78 is 2.53. The normalized spacial score (nSPS) is 12.9. The first kappa shape index (κ1) is 35.3. The highest BCUT2D eigenvalue weighted by Crippen LogP contribution is 2.52. The highest BCUT2D eigenvalue weighted by molar-refractivity contribution is 6.23. The van der Waals surface area contributed by atoms with Crippen molar-refractivity contribution < 1.29 is 0 Å². The van der Waals surface area contributed by atoms with Gasteiger partial charge in [0.2, 0.25) is 0 Å². The minimum absolute atomic E-state index is 0.109. The Hall–Kier alpha value is -7.68. The minimum Gasteiger partial charge on any atom is -0.310 e. The molecule has 0 saturated carbocycles. The fourth-order valence-electron chi connectivity index (χ4n) is 10.3. The molecule has 0 atom stereocenters. The summed E-state index contributed by atoms with van der Waals surface area (Å²) in [4.78, 5) is 2.45. The first-order valence-corrected chi connectivity index (χ1v) is 21.3. The number of hydrogen-bond acceptors (Lipinski definition) is 1. The second-order valence-corrected chi connectivity index (χ2v) is 16.9. The van der Waals surface area contributed by atoms with E-state index < -0.39 is 0 Å². The summed E-state index contributed by atoms with van der Waals surface area (Å²) in [6.07, 6.45) is 0. The van der Waals surface area contributed by atoms with Crippen LogP contribution in [-0.2, 0) is 5.41 Å². The van der Waals surface area contributed by atoms with Gasteiger partial charge in [0.05, 0.1) is 16.9 Å². The van der Waals surface area contributed by atoms with E-state index in [0.717, 1.165) is 22.7 Å². The molecule has 0 spiro atoms.